The number of fused-ring (bicyclic) bond motifs is 3. The summed E-state index contributed by atoms with van der Waals surface area (Å²) in [5.74, 6) is 3.49. The summed E-state index contributed by atoms with van der Waals surface area (Å²) in [6.45, 7) is 0.771. The normalized spacial score (nSPS) is 11.8. The molecule has 3 heterocycles. The van der Waals surface area contributed by atoms with E-state index in [1.165, 1.54) is 5.56 Å². The van der Waals surface area contributed by atoms with E-state index < -0.39 is 0 Å². The number of nitrogens with zero attached hydrogens (tertiary/aromatic N) is 4. The molecular formula is C22H20N4O3S. The van der Waals surface area contributed by atoms with Crippen molar-refractivity contribution < 1.29 is 14.2 Å². The Morgan fingerprint density at radius 1 is 1.00 bits per heavy atom. The summed E-state index contributed by atoms with van der Waals surface area (Å²) in [5, 5.41) is 7.65. The van der Waals surface area contributed by atoms with Gasteiger partial charge in [-0.05, 0) is 17.7 Å². The standard InChI is InChI=1S/C22H20N4O3S/c1-27-17-8-14(9-18(28-2)21(17)29-3)16-12-30-20(23-16)10-19-24-22-15-7-5-4-6-13(15)11-26(22)25-19/h4-9,12H,10-11H2,1-3H3. The van der Waals surface area contributed by atoms with Gasteiger partial charge in [-0.15, -0.1) is 11.3 Å². The van der Waals surface area contributed by atoms with E-state index in [-0.39, 0.29) is 0 Å². The second-order valence-electron chi connectivity index (χ2n) is 6.88. The van der Waals surface area contributed by atoms with Crippen molar-refractivity contribution in [1.29, 1.82) is 0 Å². The van der Waals surface area contributed by atoms with Gasteiger partial charge in [-0.1, -0.05) is 24.3 Å². The molecule has 0 amide bonds. The molecule has 2 aromatic heterocycles. The van der Waals surface area contributed by atoms with E-state index in [0.717, 1.165) is 40.0 Å². The zero-order valence-corrected chi connectivity index (χ0v) is 17.7. The van der Waals surface area contributed by atoms with Crippen molar-refractivity contribution in [3.63, 3.8) is 0 Å². The summed E-state index contributed by atoms with van der Waals surface area (Å²) in [6.07, 6.45) is 0.595. The van der Waals surface area contributed by atoms with Crippen LogP contribution in [0.2, 0.25) is 0 Å². The van der Waals surface area contributed by atoms with E-state index in [0.29, 0.717) is 23.7 Å². The summed E-state index contributed by atoms with van der Waals surface area (Å²) in [6, 6.07) is 12.1. The van der Waals surface area contributed by atoms with Crippen molar-refractivity contribution in [1.82, 2.24) is 19.7 Å². The third-order valence-corrected chi connectivity index (χ3v) is 5.96. The van der Waals surface area contributed by atoms with E-state index in [9.17, 15) is 0 Å². The van der Waals surface area contributed by atoms with E-state index in [2.05, 4.69) is 17.2 Å². The molecule has 0 bridgehead atoms. The third kappa shape index (κ3) is 3.09. The molecule has 30 heavy (non-hydrogen) atoms. The Morgan fingerprint density at radius 3 is 2.50 bits per heavy atom. The van der Waals surface area contributed by atoms with Crippen LogP contribution in [0, 0.1) is 0 Å². The molecule has 152 valence electrons. The van der Waals surface area contributed by atoms with Gasteiger partial charge in [0.1, 0.15) is 5.01 Å². The molecule has 0 saturated carbocycles. The van der Waals surface area contributed by atoms with Crippen molar-refractivity contribution in [2.24, 2.45) is 0 Å². The Bertz CT molecular complexity index is 1210. The maximum absolute atomic E-state index is 5.45. The SMILES string of the molecule is COc1cc(-c2csc(Cc3nc4n(n3)Cc3ccccc3-4)n2)cc(OC)c1OC. The first kappa shape index (κ1) is 18.6. The number of hydrogen-bond donors (Lipinski definition) is 0. The molecule has 0 atom stereocenters. The van der Waals surface area contributed by atoms with Crippen LogP contribution < -0.4 is 14.2 Å². The molecular weight excluding hydrogens is 400 g/mol. The molecule has 1 aliphatic heterocycles. The van der Waals surface area contributed by atoms with Crippen molar-refractivity contribution in [2.45, 2.75) is 13.0 Å². The molecule has 0 spiro atoms. The van der Waals surface area contributed by atoms with Crippen LogP contribution >= 0.6 is 11.3 Å². The monoisotopic (exact) mass is 420 g/mol. The maximum atomic E-state index is 5.45. The smallest absolute Gasteiger partial charge is 0.203 e. The van der Waals surface area contributed by atoms with E-state index in [4.69, 9.17) is 24.2 Å². The lowest BCUT2D eigenvalue weighted by atomic mass is 10.1. The summed E-state index contributed by atoms with van der Waals surface area (Å²) in [7, 11) is 4.80. The average molecular weight is 420 g/mol. The topological polar surface area (TPSA) is 71.3 Å². The largest absolute Gasteiger partial charge is 0.493 e. The molecule has 0 aliphatic carbocycles. The van der Waals surface area contributed by atoms with Crippen LogP contribution in [-0.4, -0.2) is 41.1 Å². The molecule has 8 heteroatoms. The molecule has 5 rings (SSSR count). The Kier molecular flexibility index (Phi) is 4.63. The second kappa shape index (κ2) is 7.46. The molecule has 0 saturated heterocycles. The Hall–Kier alpha value is -3.39. The fourth-order valence-corrected chi connectivity index (χ4v) is 4.50. The van der Waals surface area contributed by atoms with Gasteiger partial charge in [-0.25, -0.2) is 14.6 Å². The average Bonchev–Trinajstić information content (AvgIpc) is 3.47. The lowest BCUT2D eigenvalue weighted by Crippen LogP contribution is -1.98. The first-order valence-electron chi connectivity index (χ1n) is 9.47. The van der Waals surface area contributed by atoms with Crippen LogP contribution in [0.1, 0.15) is 16.4 Å². The Labute approximate surface area is 177 Å². The van der Waals surface area contributed by atoms with Crippen LogP contribution in [0.15, 0.2) is 41.8 Å². The van der Waals surface area contributed by atoms with Gasteiger partial charge in [0.25, 0.3) is 0 Å². The molecule has 0 fully saturated rings. The van der Waals surface area contributed by atoms with E-state index in [1.54, 1.807) is 32.7 Å². The minimum absolute atomic E-state index is 0.566. The highest BCUT2D eigenvalue weighted by molar-refractivity contribution is 7.10. The van der Waals surface area contributed by atoms with E-state index in [1.807, 2.05) is 34.3 Å². The van der Waals surface area contributed by atoms with Crippen LogP contribution in [0.3, 0.4) is 0 Å². The summed E-state index contributed by atoms with van der Waals surface area (Å²) < 4.78 is 18.3. The minimum atomic E-state index is 0.566. The molecule has 4 aromatic rings. The molecule has 0 unspecified atom stereocenters. The van der Waals surface area contributed by atoms with Crippen molar-refractivity contribution in [3.05, 3.63) is 58.2 Å². The van der Waals surface area contributed by atoms with Crippen LogP contribution in [0.5, 0.6) is 17.2 Å². The van der Waals surface area contributed by atoms with Gasteiger partial charge in [-0.2, -0.15) is 5.10 Å². The van der Waals surface area contributed by atoms with Crippen LogP contribution in [0.4, 0.5) is 0 Å². The van der Waals surface area contributed by atoms with Gasteiger partial charge in [0.05, 0.1) is 40.0 Å². The number of aromatic nitrogens is 4. The molecule has 0 radical (unpaired) electrons. The summed E-state index contributed by atoms with van der Waals surface area (Å²) >= 11 is 1.59. The lowest BCUT2D eigenvalue weighted by Gasteiger charge is -2.13. The number of hydrogen-bond acceptors (Lipinski definition) is 7. The highest BCUT2D eigenvalue weighted by atomic mass is 32.1. The molecule has 2 aromatic carbocycles. The van der Waals surface area contributed by atoms with Gasteiger partial charge in [0.15, 0.2) is 23.1 Å². The van der Waals surface area contributed by atoms with Crippen LogP contribution in [-0.2, 0) is 13.0 Å². The predicted molar refractivity (Wildman–Crippen MR) is 115 cm³/mol. The number of benzene rings is 2. The zero-order chi connectivity index (χ0) is 20.7. The number of thiazole rings is 1. The highest BCUT2D eigenvalue weighted by Crippen LogP contribution is 2.41. The van der Waals surface area contributed by atoms with Gasteiger partial charge in [-0.3, -0.25) is 0 Å². The number of rotatable bonds is 6. The molecule has 7 nitrogen and oxygen atoms in total. The number of ether oxygens (including phenoxy) is 3. The first-order chi connectivity index (χ1) is 14.7. The van der Waals surface area contributed by atoms with Crippen molar-refractivity contribution >= 4 is 11.3 Å². The Morgan fingerprint density at radius 2 is 1.77 bits per heavy atom. The predicted octanol–water partition coefficient (Wildman–Crippen LogP) is 4.05. The van der Waals surface area contributed by atoms with E-state index >= 15 is 0 Å². The highest BCUT2D eigenvalue weighted by Gasteiger charge is 2.22. The van der Waals surface area contributed by atoms with Crippen molar-refractivity contribution in [2.75, 3.05) is 21.3 Å². The molecule has 0 N–H and O–H groups in total. The summed E-state index contributed by atoms with van der Waals surface area (Å²) in [5.41, 5.74) is 4.18. The van der Waals surface area contributed by atoms with Gasteiger partial charge in [0, 0.05) is 16.5 Å². The zero-order valence-electron chi connectivity index (χ0n) is 16.9. The quantitative estimate of drug-likeness (QED) is 0.413. The minimum Gasteiger partial charge on any atom is -0.493 e. The van der Waals surface area contributed by atoms with Gasteiger partial charge < -0.3 is 14.2 Å². The third-order valence-electron chi connectivity index (χ3n) is 5.12. The lowest BCUT2D eigenvalue weighted by molar-refractivity contribution is 0.324. The van der Waals surface area contributed by atoms with Crippen molar-refractivity contribution in [3.8, 4) is 39.9 Å². The fraction of sp³-hybridized carbons (Fsp3) is 0.227. The second-order valence-corrected chi connectivity index (χ2v) is 7.83. The first-order valence-corrected chi connectivity index (χ1v) is 10.3. The number of methoxy groups -OCH3 is 3. The van der Waals surface area contributed by atoms with Crippen LogP contribution in [0.25, 0.3) is 22.6 Å². The summed E-state index contributed by atoms with van der Waals surface area (Å²) in [4.78, 5) is 9.54. The maximum Gasteiger partial charge on any atom is 0.203 e. The van der Waals surface area contributed by atoms with Gasteiger partial charge >= 0.3 is 0 Å². The van der Waals surface area contributed by atoms with Gasteiger partial charge in [0.2, 0.25) is 5.75 Å². The molecule has 1 aliphatic rings. The Balaban J connectivity index is 1.41. The fourth-order valence-electron chi connectivity index (χ4n) is 3.70.